The summed E-state index contributed by atoms with van der Waals surface area (Å²) in [5.74, 6) is 0.819. The molecule has 0 saturated heterocycles. The van der Waals surface area contributed by atoms with Gasteiger partial charge in [0.15, 0.2) is 18.1 Å². The Morgan fingerprint density at radius 3 is 2.60 bits per heavy atom. The van der Waals surface area contributed by atoms with Gasteiger partial charge in [-0.3, -0.25) is 4.79 Å². The lowest BCUT2D eigenvalue weighted by Gasteiger charge is -2.14. The van der Waals surface area contributed by atoms with E-state index >= 15 is 0 Å². The lowest BCUT2D eigenvalue weighted by Crippen LogP contribution is -2.22. The summed E-state index contributed by atoms with van der Waals surface area (Å²) in [6, 6.07) is 13.1. The van der Waals surface area contributed by atoms with Gasteiger partial charge in [0.25, 0.3) is 5.91 Å². The summed E-state index contributed by atoms with van der Waals surface area (Å²) in [4.78, 5) is 12.0. The molecule has 2 aromatic carbocycles. The second kappa shape index (κ2) is 9.30. The number of ether oxygens (including phenoxy) is 2. The molecule has 1 amide bonds. The minimum atomic E-state index is -0.291. The van der Waals surface area contributed by atoms with Crippen molar-refractivity contribution < 1.29 is 14.3 Å². The number of nitrogens with one attached hydrogen (secondary N) is 2. The van der Waals surface area contributed by atoms with Crippen LogP contribution in [0.4, 0.5) is 5.69 Å². The Bertz CT molecular complexity index is 720. The molecule has 5 nitrogen and oxygen atoms in total. The number of halogens is 1. The molecule has 0 aromatic heterocycles. The third-order valence-corrected chi connectivity index (χ3v) is 3.78. The molecule has 0 heterocycles. The van der Waals surface area contributed by atoms with Crippen LogP contribution < -0.4 is 20.1 Å². The monoisotopic (exact) mass is 362 g/mol. The van der Waals surface area contributed by atoms with Gasteiger partial charge in [-0.1, -0.05) is 43.6 Å². The van der Waals surface area contributed by atoms with E-state index in [1.54, 1.807) is 37.4 Å². The molecule has 25 heavy (non-hydrogen) atoms. The van der Waals surface area contributed by atoms with Gasteiger partial charge in [0.2, 0.25) is 0 Å². The van der Waals surface area contributed by atoms with Crippen LogP contribution in [0.25, 0.3) is 0 Å². The highest BCUT2D eigenvalue weighted by Gasteiger charge is 2.10. The lowest BCUT2D eigenvalue weighted by atomic mass is 10.2. The van der Waals surface area contributed by atoms with Gasteiger partial charge >= 0.3 is 0 Å². The summed E-state index contributed by atoms with van der Waals surface area (Å²) >= 11 is 6.02. The zero-order valence-electron chi connectivity index (χ0n) is 14.6. The first-order chi connectivity index (χ1) is 12.0. The number of carbonyl (C=O) groups excluding carboxylic acids is 1. The summed E-state index contributed by atoms with van der Waals surface area (Å²) in [6.45, 7) is 4.78. The van der Waals surface area contributed by atoms with Crippen LogP contribution in [0.15, 0.2) is 42.5 Å². The second-order valence-electron chi connectivity index (χ2n) is 5.84. The molecule has 2 N–H and O–H groups in total. The number of hydrogen-bond acceptors (Lipinski definition) is 4. The van der Waals surface area contributed by atoms with E-state index in [1.807, 2.05) is 12.1 Å². The van der Waals surface area contributed by atoms with Crippen molar-refractivity contribution in [3.63, 3.8) is 0 Å². The molecule has 0 radical (unpaired) electrons. The maximum absolute atomic E-state index is 12.0. The van der Waals surface area contributed by atoms with E-state index in [2.05, 4.69) is 24.5 Å². The third kappa shape index (κ3) is 5.96. The fourth-order valence-electron chi connectivity index (χ4n) is 2.16. The van der Waals surface area contributed by atoms with Crippen LogP contribution in [0.5, 0.6) is 11.5 Å². The molecule has 0 atom stereocenters. The number of methoxy groups -OCH3 is 1. The molecule has 2 rings (SSSR count). The fourth-order valence-corrected chi connectivity index (χ4v) is 2.34. The minimum absolute atomic E-state index is 0.134. The first kappa shape index (κ1) is 19.1. The molecule has 0 aliphatic heterocycles. The summed E-state index contributed by atoms with van der Waals surface area (Å²) in [5.41, 5.74) is 1.64. The van der Waals surface area contributed by atoms with Crippen molar-refractivity contribution >= 4 is 23.2 Å². The van der Waals surface area contributed by atoms with Crippen LogP contribution in [0.3, 0.4) is 0 Å². The zero-order valence-corrected chi connectivity index (χ0v) is 15.4. The topological polar surface area (TPSA) is 59.6 Å². The molecular formula is C19H23ClN2O3. The first-order valence-electron chi connectivity index (χ1n) is 8.07. The largest absolute Gasteiger partial charge is 0.493 e. The van der Waals surface area contributed by atoms with E-state index in [1.165, 1.54) is 0 Å². The number of rotatable bonds is 8. The molecule has 0 unspecified atom stereocenters. The summed E-state index contributed by atoms with van der Waals surface area (Å²) < 4.78 is 10.9. The van der Waals surface area contributed by atoms with Crippen molar-refractivity contribution in [2.75, 3.05) is 19.0 Å². The van der Waals surface area contributed by atoms with Crippen molar-refractivity contribution in [1.29, 1.82) is 0 Å². The van der Waals surface area contributed by atoms with Gasteiger partial charge < -0.3 is 20.1 Å². The molecule has 0 bridgehead atoms. The van der Waals surface area contributed by atoms with Crippen LogP contribution in [0.2, 0.25) is 5.02 Å². The third-order valence-electron chi connectivity index (χ3n) is 3.45. The average molecular weight is 363 g/mol. The molecule has 0 aliphatic carbocycles. The van der Waals surface area contributed by atoms with E-state index in [0.717, 1.165) is 12.1 Å². The number of anilines is 1. The maximum Gasteiger partial charge on any atom is 0.262 e. The smallest absolute Gasteiger partial charge is 0.262 e. The standard InChI is InChI=1S/C19H23ClN2O3/c1-13(2)21-11-14-8-9-17(18(10-14)24-3)25-12-19(23)22-16-7-5-4-6-15(16)20/h4-10,13,21H,11-12H2,1-3H3,(H,22,23). The van der Waals surface area contributed by atoms with E-state index in [4.69, 9.17) is 21.1 Å². The van der Waals surface area contributed by atoms with Crippen molar-refractivity contribution in [2.24, 2.45) is 0 Å². The van der Waals surface area contributed by atoms with Gasteiger partial charge in [0, 0.05) is 12.6 Å². The predicted molar refractivity (Wildman–Crippen MR) is 101 cm³/mol. The van der Waals surface area contributed by atoms with Crippen molar-refractivity contribution in [2.45, 2.75) is 26.4 Å². The van der Waals surface area contributed by atoms with Gasteiger partial charge in [0.1, 0.15) is 0 Å². The minimum Gasteiger partial charge on any atom is -0.493 e. The van der Waals surface area contributed by atoms with Gasteiger partial charge in [-0.25, -0.2) is 0 Å². The molecule has 0 aliphatic rings. The Morgan fingerprint density at radius 2 is 1.92 bits per heavy atom. The summed E-state index contributed by atoms with van der Waals surface area (Å²) in [6.07, 6.45) is 0. The molecule has 2 aromatic rings. The van der Waals surface area contributed by atoms with Crippen LogP contribution >= 0.6 is 11.6 Å². The van der Waals surface area contributed by atoms with Crippen LogP contribution in [0.1, 0.15) is 19.4 Å². The van der Waals surface area contributed by atoms with Crippen LogP contribution in [0, 0.1) is 0 Å². The quantitative estimate of drug-likeness (QED) is 0.748. The highest BCUT2D eigenvalue weighted by molar-refractivity contribution is 6.33. The predicted octanol–water partition coefficient (Wildman–Crippen LogP) is 3.86. The van der Waals surface area contributed by atoms with Gasteiger partial charge in [-0.2, -0.15) is 0 Å². The molecule has 6 heteroatoms. The van der Waals surface area contributed by atoms with Crippen molar-refractivity contribution in [1.82, 2.24) is 5.32 Å². The second-order valence-corrected chi connectivity index (χ2v) is 6.24. The van der Waals surface area contributed by atoms with Gasteiger partial charge in [0.05, 0.1) is 17.8 Å². The van der Waals surface area contributed by atoms with Crippen molar-refractivity contribution in [3.05, 3.63) is 53.1 Å². The Morgan fingerprint density at radius 1 is 1.16 bits per heavy atom. The fraction of sp³-hybridized carbons (Fsp3) is 0.316. The molecular weight excluding hydrogens is 340 g/mol. The number of benzene rings is 2. The Labute approximate surface area is 153 Å². The first-order valence-corrected chi connectivity index (χ1v) is 8.45. The SMILES string of the molecule is COc1cc(CNC(C)C)ccc1OCC(=O)Nc1ccccc1Cl. The molecule has 0 saturated carbocycles. The van der Waals surface area contributed by atoms with Crippen LogP contribution in [-0.4, -0.2) is 25.7 Å². The number of amides is 1. The van der Waals surface area contributed by atoms with Crippen LogP contribution in [-0.2, 0) is 11.3 Å². The average Bonchev–Trinajstić information content (AvgIpc) is 2.60. The molecule has 0 spiro atoms. The maximum atomic E-state index is 12.0. The van der Waals surface area contributed by atoms with E-state index in [9.17, 15) is 4.79 Å². The Hall–Kier alpha value is -2.24. The van der Waals surface area contributed by atoms with Gasteiger partial charge in [-0.15, -0.1) is 0 Å². The number of carbonyl (C=O) groups is 1. The highest BCUT2D eigenvalue weighted by Crippen LogP contribution is 2.28. The number of hydrogen-bond donors (Lipinski definition) is 2. The normalized spacial score (nSPS) is 10.6. The highest BCUT2D eigenvalue weighted by atomic mass is 35.5. The molecule has 134 valence electrons. The lowest BCUT2D eigenvalue weighted by molar-refractivity contribution is -0.118. The summed E-state index contributed by atoms with van der Waals surface area (Å²) in [7, 11) is 1.58. The Kier molecular flexibility index (Phi) is 7.10. The molecule has 0 fully saturated rings. The van der Waals surface area contributed by atoms with E-state index in [-0.39, 0.29) is 12.5 Å². The van der Waals surface area contributed by atoms with Gasteiger partial charge in [-0.05, 0) is 29.8 Å². The van der Waals surface area contributed by atoms with E-state index < -0.39 is 0 Å². The van der Waals surface area contributed by atoms with E-state index in [0.29, 0.717) is 28.3 Å². The Balaban J connectivity index is 1.95. The summed E-state index contributed by atoms with van der Waals surface area (Å²) in [5, 5.41) is 6.54. The number of para-hydroxylation sites is 1. The zero-order chi connectivity index (χ0) is 18.2. The van der Waals surface area contributed by atoms with Crippen molar-refractivity contribution in [3.8, 4) is 11.5 Å².